The Morgan fingerprint density at radius 2 is 2.53 bits per heavy atom. The lowest BCUT2D eigenvalue weighted by molar-refractivity contribution is 0.204. The molecule has 1 N–H and O–H groups in total. The second-order valence-electron chi connectivity index (χ2n) is 4.14. The summed E-state index contributed by atoms with van der Waals surface area (Å²) in [5.74, 6) is 0.894. The maximum Gasteiger partial charge on any atom is 0.133 e. The van der Waals surface area contributed by atoms with Crippen LogP contribution in [0, 0.1) is 6.92 Å². The fourth-order valence-corrected chi connectivity index (χ4v) is 2.15. The molecule has 1 aromatic heterocycles. The van der Waals surface area contributed by atoms with Gasteiger partial charge in [0.05, 0.1) is 5.69 Å². The fourth-order valence-electron chi connectivity index (χ4n) is 2.15. The molecule has 0 saturated carbocycles. The third-order valence-electron chi connectivity index (χ3n) is 3.00. The van der Waals surface area contributed by atoms with E-state index in [1.54, 1.807) is 0 Å². The number of aromatic nitrogens is 1. The summed E-state index contributed by atoms with van der Waals surface area (Å²) >= 11 is 0. The minimum absolute atomic E-state index is 0.659. The SMILES string of the molecule is CCN(Cc1cc(C)on1)C1CCNC1. The first-order valence-corrected chi connectivity index (χ1v) is 5.66. The quantitative estimate of drug-likeness (QED) is 0.808. The minimum Gasteiger partial charge on any atom is -0.361 e. The standard InChI is InChI=1S/C11H19N3O/c1-3-14(11-4-5-12-7-11)8-10-6-9(2)15-13-10/h6,11-12H,3-5,7-8H2,1-2H3. The van der Waals surface area contributed by atoms with Crippen molar-refractivity contribution in [1.82, 2.24) is 15.4 Å². The highest BCUT2D eigenvalue weighted by atomic mass is 16.5. The third kappa shape index (κ3) is 2.58. The van der Waals surface area contributed by atoms with E-state index in [-0.39, 0.29) is 0 Å². The van der Waals surface area contributed by atoms with Gasteiger partial charge in [0.2, 0.25) is 0 Å². The molecule has 0 aliphatic carbocycles. The monoisotopic (exact) mass is 209 g/mol. The van der Waals surface area contributed by atoms with Crippen molar-refractivity contribution in [3.05, 3.63) is 17.5 Å². The summed E-state index contributed by atoms with van der Waals surface area (Å²) in [4.78, 5) is 2.46. The van der Waals surface area contributed by atoms with Gasteiger partial charge >= 0.3 is 0 Å². The molecule has 0 spiro atoms. The van der Waals surface area contributed by atoms with E-state index in [0.717, 1.165) is 37.6 Å². The molecular formula is C11H19N3O. The van der Waals surface area contributed by atoms with Gasteiger partial charge in [-0.15, -0.1) is 0 Å². The molecule has 1 fully saturated rings. The Morgan fingerprint density at radius 3 is 3.07 bits per heavy atom. The van der Waals surface area contributed by atoms with E-state index in [1.807, 2.05) is 13.0 Å². The summed E-state index contributed by atoms with van der Waals surface area (Å²) < 4.78 is 5.08. The third-order valence-corrected chi connectivity index (χ3v) is 3.00. The van der Waals surface area contributed by atoms with Crippen LogP contribution in [0.25, 0.3) is 0 Å². The molecular weight excluding hydrogens is 190 g/mol. The zero-order chi connectivity index (χ0) is 10.7. The Hall–Kier alpha value is -0.870. The lowest BCUT2D eigenvalue weighted by Gasteiger charge is -2.25. The van der Waals surface area contributed by atoms with Gasteiger partial charge in [0.25, 0.3) is 0 Å². The molecule has 4 nitrogen and oxygen atoms in total. The van der Waals surface area contributed by atoms with E-state index in [0.29, 0.717) is 6.04 Å². The smallest absolute Gasteiger partial charge is 0.133 e. The number of hydrogen-bond acceptors (Lipinski definition) is 4. The first-order valence-electron chi connectivity index (χ1n) is 5.66. The van der Waals surface area contributed by atoms with Gasteiger partial charge in [-0.25, -0.2) is 0 Å². The molecule has 1 atom stereocenters. The summed E-state index contributed by atoms with van der Waals surface area (Å²) in [6.07, 6.45) is 1.24. The van der Waals surface area contributed by atoms with E-state index in [9.17, 15) is 0 Å². The Labute approximate surface area is 90.6 Å². The van der Waals surface area contributed by atoms with Crippen molar-refractivity contribution in [2.24, 2.45) is 0 Å². The van der Waals surface area contributed by atoms with Gasteiger partial charge in [-0.05, 0) is 26.4 Å². The molecule has 2 rings (SSSR count). The van der Waals surface area contributed by atoms with Gasteiger partial charge in [0.15, 0.2) is 0 Å². The molecule has 0 amide bonds. The molecule has 1 unspecified atom stereocenters. The maximum atomic E-state index is 5.08. The van der Waals surface area contributed by atoms with Gasteiger partial charge < -0.3 is 9.84 Å². The van der Waals surface area contributed by atoms with Crippen LogP contribution in [0.5, 0.6) is 0 Å². The lowest BCUT2D eigenvalue weighted by atomic mass is 10.2. The molecule has 1 aromatic rings. The van der Waals surface area contributed by atoms with E-state index >= 15 is 0 Å². The molecule has 84 valence electrons. The maximum absolute atomic E-state index is 5.08. The van der Waals surface area contributed by atoms with Crippen LogP contribution in [-0.2, 0) is 6.54 Å². The number of nitrogens with one attached hydrogen (secondary N) is 1. The molecule has 1 aliphatic rings. The van der Waals surface area contributed by atoms with E-state index < -0.39 is 0 Å². The Balaban J connectivity index is 1.95. The average molecular weight is 209 g/mol. The summed E-state index contributed by atoms with van der Waals surface area (Å²) in [5, 5.41) is 7.43. The van der Waals surface area contributed by atoms with Crippen molar-refractivity contribution in [3.63, 3.8) is 0 Å². The van der Waals surface area contributed by atoms with Crippen molar-refractivity contribution >= 4 is 0 Å². The molecule has 0 radical (unpaired) electrons. The van der Waals surface area contributed by atoms with Crippen LogP contribution < -0.4 is 5.32 Å². The highest BCUT2D eigenvalue weighted by molar-refractivity contribution is 5.03. The number of hydrogen-bond donors (Lipinski definition) is 1. The molecule has 4 heteroatoms. The van der Waals surface area contributed by atoms with Crippen LogP contribution in [0.2, 0.25) is 0 Å². The predicted octanol–water partition coefficient (Wildman–Crippen LogP) is 1.17. The fraction of sp³-hybridized carbons (Fsp3) is 0.727. The van der Waals surface area contributed by atoms with Crippen LogP contribution in [0.3, 0.4) is 0 Å². The van der Waals surface area contributed by atoms with Crippen molar-refractivity contribution < 1.29 is 4.52 Å². The predicted molar refractivity (Wildman–Crippen MR) is 58.6 cm³/mol. The summed E-state index contributed by atoms with van der Waals surface area (Å²) in [6, 6.07) is 2.68. The van der Waals surface area contributed by atoms with Crippen LogP contribution in [0.15, 0.2) is 10.6 Å². The zero-order valence-corrected chi connectivity index (χ0v) is 9.49. The summed E-state index contributed by atoms with van der Waals surface area (Å²) in [7, 11) is 0. The number of aryl methyl sites for hydroxylation is 1. The summed E-state index contributed by atoms with van der Waals surface area (Å²) in [6.45, 7) is 8.34. The van der Waals surface area contributed by atoms with Gasteiger partial charge in [-0.1, -0.05) is 12.1 Å². The van der Waals surface area contributed by atoms with E-state index in [4.69, 9.17) is 4.52 Å². The molecule has 1 aliphatic heterocycles. The number of nitrogens with zero attached hydrogens (tertiary/aromatic N) is 2. The topological polar surface area (TPSA) is 41.3 Å². The Kier molecular flexibility index (Phi) is 3.38. The van der Waals surface area contributed by atoms with Crippen molar-refractivity contribution in [3.8, 4) is 0 Å². The average Bonchev–Trinajstić information content (AvgIpc) is 2.85. The summed E-state index contributed by atoms with van der Waals surface area (Å²) in [5.41, 5.74) is 1.04. The second-order valence-corrected chi connectivity index (χ2v) is 4.14. The second kappa shape index (κ2) is 4.77. The van der Waals surface area contributed by atoms with E-state index in [1.165, 1.54) is 6.42 Å². The van der Waals surface area contributed by atoms with Crippen molar-refractivity contribution in [2.75, 3.05) is 19.6 Å². The normalized spacial score (nSPS) is 21.4. The largest absolute Gasteiger partial charge is 0.361 e. The van der Waals surface area contributed by atoms with Crippen molar-refractivity contribution in [2.45, 2.75) is 32.9 Å². The lowest BCUT2D eigenvalue weighted by Crippen LogP contribution is -2.36. The number of rotatable bonds is 4. The Bertz CT molecular complexity index is 305. The molecule has 2 heterocycles. The molecule has 1 saturated heterocycles. The Morgan fingerprint density at radius 1 is 1.67 bits per heavy atom. The van der Waals surface area contributed by atoms with Gasteiger partial charge in [0.1, 0.15) is 5.76 Å². The molecule has 0 bridgehead atoms. The first-order chi connectivity index (χ1) is 7.29. The first kappa shape index (κ1) is 10.6. The van der Waals surface area contributed by atoms with Crippen LogP contribution in [-0.4, -0.2) is 35.7 Å². The number of likely N-dealkylation sites (N-methyl/N-ethyl adjacent to an activating group) is 1. The molecule has 0 aromatic carbocycles. The van der Waals surface area contributed by atoms with Crippen LogP contribution >= 0.6 is 0 Å². The minimum atomic E-state index is 0.659. The van der Waals surface area contributed by atoms with Crippen LogP contribution in [0.4, 0.5) is 0 Å². The molecule has 15 heavy (non-hydrogen) atoms. The van der Waals surface area contributed by atoms with E-state index in [2.05, 4.69) is 22.3 Å². The van der Waals surface area contributed by atoms with Gasteiger partial charge in [0, 0.05) is 25.2 Å². The zero-order valence-electron chi connectivity index (χ0n) is 9.49. The highest BCUT2D eigenvalue weighted by Crippen LogP contribution is 2.12. The highest BCUT2D eigenvalue weighted by Gasteiger charge is 2.21. The van der Waals surface area contributed by atoms with Gasteiger partial charge in [-0.2, -0.15) is 0 Å². The van der Waals surface area contributed by atoms with Crippen molar-refractivity contribution in [1.29, 1.82) is 0 Å². The van der Waals surface area contributed by atoms with Crippen LogP contribution in [0.1, 0.15) is 24.8 Å². The van der Waals surface area contributed by atoms with Gasteiger partial charge in [-0.3, -0.25) is 4.90 Å².